The second-order valence-corrected chi connectivity index (χ2v) is 16.1. The Morgan fingerprint density at radius 1 is 0.724 bits per heavy atom. The van der Waals surface area contributed by atoms with Crippen LogP contribution in [-0.2, 0) is 15.0 Å². The first-order valence-electron chi connectivity index (χ1n) is 19.9. The molecule has 9 rings (SSSR count). The van der Waals surface area contributed by atoms with Crippen LogP contribution in [0, 0.1) is 0 Å². The highest BCUT2D eigenvalue weighted by molar-refractivity contribution is 6.30. The van der Waals surface area contributed by atoms with E-state index in [1.165, 1.54) is 7.05 Å². The molecule has 1 aliphatic carbocycles. The number of carboxylic acid groups (broad SMARTS) is 1. The second-order valence-electron chi connectivity index (χ2n) is 15.7. The van der Waals surface area contributed by atoms with Gasteiger partial charge in [0.15, 0.2) is 0 Å². The largest absolute Gasteiger partial charge is 0.465 e. The standard InChI is InChI=1S/C46H44ClN7O4/c1-52(45(57)58)40(33-7-3-2-4-8-33)43(55)53-25-5-9-38(53)41-48-27-36(50-41)31-15-11-29(12-16-31)30-13-17-32(18-14-30)37-28-49-42(51-37)39-10-6-26-54(39)44(56)46(23-24-46)34-19-21-35(47)22-20-34/h2-4,7-8,11-22,27-28,38-40H,5-6,9-10,23-26H2,1H3,(H,48,50)(H,49,51)(H,57,58)/t38-,39-,40+/m0/s1. The summed E-state index contributed by atoms with van der Waals surface area (Å²) in [6.45, 7) is 1.26. The summed E-state index contributed by atoms with van der Waals surface area (Å²) in [5.41, 5.74) is 7.10. The number of likely N-dealkylation sites (tertiary alicyclic amines) is 2. The summed E-state index contributed by atoms with van der Waals surface area (Å²) in [5.74, 6) is 1.43. The number of nitrogens with one attached hydrogen (secondary N) is 2. The van der Waals surface area contributed by atoms with Crippen LogP contribution < -0.4 is 0 Å². The van der Waals surface area contributed by atoms with Crippen LogP contribution in [0.4, 0.5) is 4.79 Å². The lowest BCUT2D eigenvalue weighted by molar-refractivity contribution is -0.137. The first-order chi connectivity index (χ1) is 28.2. The third kappa shape index (κ3) is 6.93. The number of hydrogen-bond donors (Lipinski definition) is 3. The fraction of sp³-hybridized carbons (Fsp3) is 0.283. The van der Waals surface area contributed by atoms with Gasteiger partial charge in [0.2, 0.25) is 5.91 Å². The van der Waals surface area contributed by atoms with Crippen molar-refractivity contribution in [3.63, 3.8) is 0 Å². The van der Waals surface area contributed by atoms with Gasteiger partial charge in [0.1, 0.15) is 17.7 Å². The van der Waals surface area contributed by atoms with Crippen molar-refractivity contribution in [2.75, 3.05) is 20.1 Å². The lowest BCUT2D eigenvalue weighted by Gasteiger charge is -2.32. The number of halogens is 1. The van der Waals surface area contributed by atoms with Gasteiger partial charge in [-0.2, -0.15) is 0 Å². The molecule has 2 aromatic heterocycles. The Morgan fingerprint density at radius 3 is 1.74 bits per heavy atom. The highest BCUT2D eigenvalue weighted by Crippen LogP contribution is 2.51. The zero-order valence-electron chi connectivity index (χ0n) is 32.1. The average molecular weight is 794 g/mol. The molecule has 0 unspecified atom stereocenters. The molecule has 0 bridgehead atoms. The minimum atomic E-state index is -1.16. The van der Waals surface area contributed by atoms with E-state index in [1.807, 2.05) is 53.6 Å². The monoisotopic (exact) mass is 793 g/mol. The lowest BCUT2D eigenvalue weighted by atomic mass is 9.94. The summed E-state index contributed by atoms with van der Waals surface area (Å²) in [4.78, 5) is 61.2. The van der Waals surface area contributed by atoms with Crippen LogP contribution in [0.3, 0.4) is 0 Å². The first-order valence-corrected chi connectivity index (χ1v) is 20.3. The van der Waals surface area contributed by atoms with E-state index in [-0.39, 0.29) is 23.9 Å². The van der Waals surface area contributed by atoms with Gasteiger partial charge in [0, 0.05) is 25.2 Å². The Kier molecular flexibility index (Phi) is 9.85. The van der Waals surface area contributed by atoms with Crippen molar-refractivity contribution in [1.82, 2.24) is 34.6 Å². The molecule has 2 aliphatic heterocycles. The summed E-state index contributed by atoms with van der Waals surface area (Å²) in [7, 11) is 1.43. The SMILES string of the molecule is CN(C(=O)O)[C@@H](C(=O)N1CCC[C@H]1c1ncc(-c2ccc(-c3ccc(-c4cnc([C@@H]5CCCN5C(=O)C5(c6ccc(Cl)cc6)CC5)[nH]4)cc3)cc2)[nH]1)c1ccccc1. The maximum absolute atomic E-state index is 14.0. The van der Waals surface area contributed by atoms with Gasteiger partial charge >= 0.3 is 6.09 Å². The Morgan fingerprint density at radius 2 is 1.22 bits per heavy atom. The van der Waals surface area contributed by atoms with Crippen LogP contribution in [0.5, 0.6) is 0 Å². The van der Waals surface area contributed by atoms with Crippen molar-refractivity contribution >= 4 is 29.5 Å². The molecule has 12 heteroatoms. The molecule has 6 aromatic rings. The Labute approximate surface area is 341 Å². The molecule has 0 spiro atoms. The van der Waals surface area contributed by atoms with Gasteiger partial charge < -0.3 is 24.9 Å². The van der Waals surface area contributed by atoms with Crippen LogP contribution in [-0.4, -0.2) is 77.8 Å². The fourth-order valence-electron chi connectivity index (χ4n) is 8.83. The molecule has 2 saturated heterocycles. The van der Waals surface area contributed by atoms with Gasteiger partial charge in [-0.1, -0.05) is 103 Å². The van der Waals surface area contributed by atoms with Crippen molar-refractivity contribution < 1.29 is 19.5 Å². The summed E-state index contributed by atoms with van der Waals surface area (Å²) in [6, 6.07) is 32.1. The van der Waals surface area contributed by atoms with E-state index in [9.17, 15) is 19.5 Å². The van der Waals surface area contributed by atoms with Crippen LogP contribution >= 0.6 is 11.6 Å². The third-order valence-electron chi connectivity index (χ3n) is 12.2. The van der Waals surface area contributed by atoms with Gasteiger partial charge in [-0.05, 0) is 84.0 Å². The molecule has 3 atom stereocenters. The number of benzene rings is 4. The number of aromatic nitrogens is 4. The molecule has 3 amide bonds. The highest BCUT2D eigenvalue weighted by Gasteiger charge is 2.54. The highest BCUT2D eigenvalue weighted by atomic mass is 35.5. The van der Waals surface area contributed by atoms with Crippen LogP contribution in [0.1, 0.15) is 79.4 Å². The van der Waals surface area contributed by atoms with Gasteiger partial charge in [-0.15, -0.1) is 0 Å². The topological polar surface area (TPSA) is 139 Å². The molecule has 4 heterocycles. The molecular weight excluding hydrogens is 750 g/mol. The molecular formula is C46H44ClN7O4. The Bertz CT molecular complexity index is 2440. The van der Waals surface area contributed by atoms with E-state index < -0.39 is 17.6 Å². The third-order valence-corrected chi connectivity index (χ3v) is 12.4. The van der Waals surface area contributed by atoms with Gasteiger partial charge in [0.05, 0.1) is 41.3 Å². The maximum Gasteiger partial charge on any atom is 0.407 e. The van der Waals surface area contributed by atoms with Crippen LogP contribution in [0.25, 0.3) is 33.6 Å². The molecule has 294 valence electrons. The van der Waals surface area contributed by atoms with Gasteiger partial charge in [-0.25, -0.2) is 14.8 Å². The van der Waals surface area contributed by atoms with E-state index in [2.05, 4.69) is 58.5 Å². The number of nitrogens with zero attached hydrogens (tertiary/aromatic N) is 5. The number of carbonyl (C=O) groups is 3. The summed E-state index contributed by atoms with van der Waals surface area (Å²) in [6.07, 6.45) is 7.56. The number of likely N-dealkylation sites (N-methyl/N-ethyl adjacent to an activating group) is 1. The predicted molar refractivity (Wildman–Crippen MR) is 222 cm³/mol. The molecule has 0 radical (unpaired) electrons. The number of carbonyl (C=O) groups excluding carboxylic acids is 2. The Hall–Kier alpha value is -6.20. The normalized spacial score (nSPS) is 18.9. The minimum Gasteiger partial charge on any atom is -0.465 e. The Balaban J connectivity index is 0.863. The predicted octanol–water partition coefficient (Wildman–Crippen LogP) is 9.20. The number of amides is 3. The number of aromatic amines is 2. The zero-order valence-corrected chi connectivity index (χ0v) is 32.9. The first kappa shape index (κ1) is 37.4. The second kappa shape index (κ2) is 15.3. The zero-order chi connectivity index (χ0) is 40.0. The van der Waals surface area contributed by atoms with E-state index in [4.69, 9.17) is 21.6 Å². The van der Waals surface area contributed by atoms with Crippen LogP contribution in [0.2, 0.25) is 5.02 Å². The quantitative estimate of drug-likeness (QED) is 0.126. The number of hydrogen-bond acceptors (Lipinski definition) is 5. The van der Waals surface area contributed by atoms with E-state index >= 15 is 0 Å². The molecule has 11 nitrogen and oxygen atoms in total. The molecule has 58 heavy (non-hydrogen) atoms. The summed E-state index contributed by atoms with van der Waals surface area (Å²) < 4.78 is 0. The number of imidazole rings is 2. The average Bonchev–Trinajstić information content (AvgIpc) is 3.79. The van der Waals surface area contributed by atoms with Crippen LogP contribution in [0.15, 0.2) is 116 Å². The van der Waals surface area contributed by atoms with Crippen molar-refractivity contribution in [1.29, 1.82) is 0 Å². The van der Waals surface area contributed by atoms with Crippen molar-refractivity contribution in [2.45, 2.75) is 62.1 Å². The smallest absolute Gasteiger partial charge is 0.407 e. The maximum atomic E-state index is 14.0. The van der Waals surface area contributed by atoms with E-state index in [0.29, 0.717) is 23.0 Å². The van der Waals surface area contributed by atoms with Crippen molar-refractivity contribution in [3.05, 3.63) is 143 Å². The summed E-state index contributed by atoms with van der Waals surface area (Å²) in [5, 5.41) is 10.5. The van der Waals surface area contributed by atoms with Gasteiger partial charge in [-0.3, -0.25) is 14.5 Å². The molecule has 1 saturated carbocycles. The van der Waals surface area contributed by atoms with Gasteiger partial charge in [0.25, 0.3) is 5.91 Å². The molecule has 3 fully saturated rings. The molecule has 3 N–H and O–H groups in total. The van der Waals surface area contributed by atoms with Crippen molar-refractivity contribution in [3.8, 4) is 33.6 Å². The van der Waals surface area contributed by atoms with E-state index in [0.717, 1.165) is 95.0 Å². The summed E-state index contributed by atoms with van der Waals surface area (Å²) >= 11 is 6.14. The van der Waals surface area contributed by atoms with Crippen molar-refractivity contribution in [2.24, 2.45) is 0 Å². The minimum absolute atomic E-state index is 0.0767. The number of H-pyrrole nitrogens is 2. The molecule has 4 aromatic carbocycles. The lowest BCUT2D eigenvalue weighted by Crippen LogP contribution is -2.43. The fourth-order valence-corrected chi connectivity index (χ4v) is 8.95. The number of rotatable bonds is 10. The molecule has 3 aliphatic rings. The van der Waals surface area contributed by atoms with E-state index in [1.54, 1.807) is 23.2 Å².